The molecule has 0 atom stereocenters. The number of rotatable bonds is 6. The molecular weight excluding hydrogens is 234 g/mol. The average molecular weight is 247 g/mol. The van der Waals surface area contributed by atoms with Crippen LogP contribution < -0.4 is 0 Å². The summed E-state index contributed by atoms with van der Waals surface area (Å²) in [4.78, 5) is 6.42. The Morgan fingerprint density at radius 1 is 1.47 bits per heavy atom. The van der Waals surface area contributed by atoms with E-state index >= 15 is 0 Å². The van der Waals surface area contributed by atoms with Crippen molar-refractivity contribution in [3.63, 3.8) is 0 Å². The predicted molar refractivity (Wildman–Crippen MR) is 65.2 cm³/mol. The second-order valence-corrected chi connectivity index (χ2v) is 4.60. The van der Waals surface area contributed by atoms with Crippen LogP contribution >= 0.6 is 11.3 Å². The Labute approximate surface area is 104 Å². The van der Waals surface area contributed by atoms with Gasteiger partial charge in [0.25, 0.3) is 0 Å². The lowest BCUT2D eigenvalue weighted by atomic mass is 10.3. The van der Waals surface area contributed by atoms with E-state index in [4.69, 9.17) is 9.68 Å². The molecule has 88 valence electrons. The first-order valence-electron chi connectivity index (χ1n) is 5.38. The van der Waals surface area contributed by atoms with Gasteiger partial charge in [0.05, 0.1) is 25.4 Å². The van der Waals surface area contributed by atoms with Gasteiger partial charge in [-0.05, 0) is 12.1 Å². The van der Waals surface area contributed by atoms with E-state index in [-0.39, 0.29) is 0 Å². The molecule has 0 aliphatic rings. The molecule has 0 fully saturated rings. The summed E-state index contributed by atoms with van der Waals surface area (Å²) >= 11 is 1.63. The average Bonchev–Trinajstić information content (AvgIpc) is 2.99. The molecule has 4 nitrogen and oxygen atoms in total. The van der Waals surface area contributed by atoms with Crippen molar-refractivity contribution in [1.29, 1.82) is 5.26 Å². The number of furan rings is 1. The van der Waals surface area contributed by atoms with Crippen LogP contribution in [0, 0.1) is 11.3 Å². The molecule has 0 radical (unpaired) electrons. The minimum atomic E-state index is 0.520. The molecule has 0 bridgehead atoms. The summed E-state index contributed by atoms with van der Waals surface area (Å²) in [5.41, 5.74) is 0. The second kappa shape index (κ2) is 6.18. The van der Waals surface area contributed by atoms with Crippen molar-refractivity contribution in [2.45, 2.75) is 19.5 Å². The van der Waals surface area contributed by atoms with Gasteiger partial charge in [-0.3, -0.25) is 4.90 Å². The van der Waals surface area contributed by atoms with Crippen molar-refractivity contribution < 1.29 is 4.42 Å². The Kier molecular flexibility index (Phi) is 4.30. The van der Waals surface area contributed by atoms with Gasteiger partial charge in [0, 0.05) is 24.5 Å². The zero-order valence-electron chi connectivity index (χ0n) is 9.37. The van der Waals surface area contributed by atoms with Crippen LogP contribution in [-0.4, -0.2) is 16.4 Å². The molecule has 0 unspecified atom stereocenters. The molecule has 0 aliphatic heterocycles. The van der Waals surface area contributed by atoms with Crippen molar-refractivity contribution in [1.82, 2.24) is 9.88 Å². The third-order valence-corrected chi connectivity index (χ3v) is 3.11. The minimum Gasteiger partial charge on any atom is -0.468 e. The maximum Gasteiger partial charge on any atom is 0.117 e. The van der Waals surface area contributed by atoms with Crippen LogP contribution in [0.25, 0.3) is 0 Å². The molecule has 0 N–H and O–H groups in total. The van der Waals surface area contributed by atoms with Gasteiger partial charge < -0.3 is 4.42 Å². The first-order valence-corrected chi connectivity index (χ1v) is 6.26. The van der Waals surface area contributed by atoms with Crippen molar-refractivity contribution in [3.05, 3.63) is 40.7 Å². The van der Waals surface area contributed by atoms with Crippen LogP contribution in [0.1, 0.15) is 17.2 Å². The van der Waals surface area contributed by atoms with E-state index in [1.54, 1.807) is 23.8 Å². The maximum atomic E-state index is 8.65. The second-order valence-electron chi connectivity index (χ2n) is 3.62. The highest BCUT2D eigenvalue weighted by molar-refractivity contribution is 7.09. The fourth-order valence-corrected chi connectivity index (χ4v) is 2.23. The molecule has 0 saturated carbocycles. The van der Waals surface area contributed by atoms with Gasteiger partial charge in [-0.15, -0.1) is 11.3 Å². The fraction of sp³-hybridized carbons (Fsp3) is 0.333. The Morgan fingerprint density at radius 3 is 3.06 bits per heavy atom. The molecule has 2 aromatic rings. The largest absolute Gasteiger partial charge is 0.468 e. The molecular formula is C12H13N3OS. The monoisotopic (exact) mass is 247 g/mol. The molecule has 5 heteroatoms. The summed E-state index contributed by atoms with van der Waals surface area (Å²) < 4.78 is 5.32. The van der Waals surface area contributed by atoms with Crippen LogP contribution in [0.15, 0.2) is 34.4 Å². The molecule has 2 rings (SSSR count). The third-order valence-electron chi connectivity index (χ3n) is 2.34. The molecule has 2 heterocycles. The number of thiazole rings is 1. The van der Waals surface area contributed by atoms with E-state index in [1.165, 1.54) is 0 Å². The van der Waals surface area contributed by atoms with E-state index in [0.29, 0.717) is 13.0 Å². The fourth-order valence-electron chi connectivity index (χ4n) is 1.57. The van der Waals surface area contributed by atoms with Crippen LogP contribution in [0.2, 0.25) is 0 Å². The molecule has 0 spiro atoms. The SMILES string of the molecule is N#CCCN(Cc1ccco1)Cc1nccs1. The standard InChI is InChI=1S/C12H13N3OS/c13-4-2-6-15(9-11-3-1-7-16-11)10-12-14-5-8-17-12/h1,3,5,7-8H,2,6,9-10H2. The van der Waals surface area contributed by atoms with Crippen molar-refractivity contribution >= 4 is 11.3 Å². The lowest BCUT2D eigenvalue weighted by Crippen LogP contribution is -2.23. The smallest absolute Gasteiger partial charge is 0.117 e. The van der Waals surface area contributed by atoms with Gasteiger partial charge >= 0.3 is 0 Å². The molecule has 2 aromatic heterocycles. The van der Waals surface area contributed by atoms with Crippen LogP contribution in [0.5, 0.6) is 0 Å². The van der Waals surface area contributed by atoms with Crippen LogP contribution in [0.4, 0.5) is 0 Å². The topological polar surface area (TPSA) is 53.1 Å². The van der Waals surface area contributed by atoms with E-state index in [1.807, 2.05) is 17.5 Å². The molecule has 0 aliphatic carbocycles. The summed E-state index contributed by atoms with van der Waals surface area (Å²) in [5, 5.41) is 11.7. The summed E-state index contributed by atoms with van der Waals surface area (Å²) in [6, 6.07) is 5.99. The number of hydrogen-bond acceptors (Lipinski definition) is 5. The van der Waals surface area contributed by atoms with Crippen molar-refractivity contribution in [3.8, 4) is 6.07 Å². The summed E-state index contributed by atoms with van der Waals surface area (Å²) in [6.07, 6.45) is 3.99. The summed E-state index contributed by atoms with van der Waals surface area (Å²) in [7, 11) is 0. The van der Waals surface area contributed by atoms with Crippen molar-refractivity contribution in [2.75, 3.05) is 6.54 Å². The van der Waals surface area contributed by atoms with Gasteiger partial charge in [0.1, 0.15) is 10.8 Å². The van der Waals surface area contributed by atoms with Gasteiger partial charge in [-0.2, -0.15) is 5.26 Å². The first-order chi connectivity index (χ1) is 8.38. The Balaban J connectivity index is 1.95. The van der Waals surface area contributed by atoms with Crippen molar-refractivity contribution in [2.24, 2.45) is 0 Å². The number of nitriles is 1. The predicted octanol–water partition coefficient (Wildman–Crippen LogP) is 2.65. The highest BCUT2D eigenvalue weighted by atomic mass is 32.1. The number of aromatic nitrogens is 1. The molecule has 0 saturated heterocycles. The Morgan fingerprint density at radius 2 is 2.41 bits per heavy atom. The zero-order chi connectivity index (χ0) is 11.9. The van der Waals surface area contributed by atoms with E-state index < -0.39 is 0 Å². The molecule has 0 amide bonds. The van der Waals surface area contributed by atoms with Gasteiger partial charge in [0.2, 0.25) is 0 Å². The summed E-state index contributed by atoms with van der Waals surface area (Å²) in [6.45, 7) is 2.21. The van der Waals surface area contributed by atoms with E-state index in [2.05, 4.69) is 16.0 Å². The number of hydrogen-bond donors (Lipinski definition) is 0. The molecule has 17 heavy (non-hydrogen) atoms. The Bertz CT molecular complexity index is 422. The maximum absolute atomic E-state index is 8.65. The van der Waals surface area contributed by atoms with Gasteiger partial charge in [-0.25, -0.2) is 4.98 Å². The lowest BCUT2D eigenvalue weighted by Gasteiger charge is -2.18. The van der Waals surface area contributed by atoms with E-state index in [9.17, 15) is 0 Å². The minimum absolute atomic E-state index is 0.520. The summed E-state index contributed by atoms with van der Waals surface area (Å²) in [5.74, 6) is 0.916. The van der Waals surface area contributed by atoms with Crippen LogP contribution in [0.3, 0.4) is 0 Å². The Hall–Kier alpha value is -1.64. The quantitative estimate of drug-likeness (QED) is 0.787. The lowest BCUT2D eigenvalue weighted by molar-refractivity contribution is 0.240. The first kappa shape index (κ1) is 11.8. The van der Waals surface area contributed by atoms with Gasteiger partial charge in [0.15, 0.2) is 0 Å². The third kappa shape index (κ3) is 3.70. The zero-order valence-corrected chi connectivity index (χ0v) is 10.2. The highest BCUT2D eigenvalue weighted by Gasteiger charge is 2.09. The highest BCUT2D eigenvalue weighted by Crippen LogP contribution is 2.12. The molecule has 0 aromatic carbocycles. The number of nitrogens with zero attached hydrogens (tertiary/aromatic N) is 3. The van der Waals surface area contributed by atoms with E-state index in [0.717, 1.165) is 23.9 Å². The van der Waals surface area contributed by atoms with Gasteiger partial charge in [-0.1, -0.05) is 0 Å². The van der Waals surface area contributed by atoms with Crippen LogP contribution in [-0.2, 0) is 13.1 Å². The normalized spacial score (nSPS) is 10.6.